The van der Waals surface area contributed by atoms with E-state index in [1.54, 1.807) is 0 Å². The summed E-state index contributed by atoms with van der Waals surface area (Å²) < 4.78 is 4.74. The molecule has 0 aromatic carbocycles. The van der Waals surface area contributed by atoms with Crippen LogP contribution < -0.4 is 5.32 Å². The minimum Gasteiger partial charge on any atom is -0.447 e. The van der Waals surface area contributed by atoms with Crippen LogP contribution in [0.15, 0.2) is 0 Å². The Balaban J connectivity index is 1.87. The summed E-state index contributed by atoms with van der Waals surface area (Å²) >= 11 is 0. The standard InChI is InChI=1S/C10H17N3O3/c1-2-12(8-5-11-6-8)7-9(14)13-3-4-16-10(13)15/h8,11H,2-7H2,1H3. The minimum atomic E-state index is -0.507. The molecule has 2 aliphatic heterocycles. The van der Waals surface area contributed by atoms with E-state index >= 15 is 0 Å². The second-order valence-corrected chi connectivity index (χ2v) is 4.03. The lowest BCUT2D eigenvalue weighted by atomic mass is 10.1. The summed E-state index contributed by atoms with van der Waals surface area (Å²) in [5, 5.41) is 3.17. The van der Waals surface area contributed by atoms with Gasteiger partial charge in [0, 0.05) is 19.1 Å². The van der Waals surface area contributed by atoms with Crippen molar-refractivity contribution in [3.63, 3.8) is 0 Å². The fraction of sp³-hybridized carbons (Fsp3) is 0.800. The Labute approximate surface area is 94.5 Å². The average molecular weight is 227 g/mol. The molecule has 0 bridgehead atoms. The van der Waals surface area contributed by atoms with E-state index < -0.39 is 6.09 Å². The van der Waals surface area contributed by atoms with Crippen molar-refractivity contribution in [1.82, 2.24) is 15.1 Å². The number of nitrogens with zero attached hydrogens (tertiary/aromatic N) is 2. The van der Waals surface area contributed by atoms with Crippen LogP contribution >= 0.6 is 0 Å². The fourth-order valence-corrected chi connectivity index (χ4v) is 1.91. The molecule has 0 atom stereocenters. The van der Waals surface area contributed by atoms with Gasteiger partial charge in [0.05, 0.1) is 13.1 Å². The molecule has 2 saturated heterocycles. The second kappa shape index (κ2) is 4.80. The highest BCUT2D eigenvalue weighted by atomic mass is 16.6. The van der Waals surface area contributed by atoms with Crippen molar-refractivity contribution in [2.45, 2.75) is 13.0 Å². The van der Waals surface area contributed by atoms with Gasteiger partial charge in [-0.2, -0.15) is 0 Å². The van der Waals surface area contributed by atoms with Crippen LogP contribution in [0.2, 0.25) is 0 Å². The maximum atomic E-state index is 11.8. The summed E-state index contributed by atoms with van der Waals surface area (Å²) in [5.74, 6) is -0.156. The Morgan fingerprint density at radius 1 is 1.62 bits per heavy atom. The van der Waals surface area contributed by atoms with E-state index in [2.05, 4.69) is 10.2 Å². The number of hydrogen-bond acceptors (Lipinski definition) is 5. The number of likely N-dealkylation sites (N-methyl/N-ethyl adjacent to an activating group) is 1. The zero-order valence-electron chi connectivity index (χ0n) is 9.44. The van der Waals surface area contributed by atoms with Crippen LogP contribution in [-0.4, -0.2) is 67.2 Å². The van der Waals surface area contributed by atoms with E-state index in [9.17, 15) is 9.59 Å². The number of carbonyl (C=O) groups excluding carboxylic acids is 2. The van der Waals surface area contributed by atoms with E-state index in [-0.39, 0.29) is 5.91 Å². The Morgan fingerprint density at radius 2 is 2.38 bits per heavy atom. The highest BCUT2D eigenvalue weighted by Gasteiger charge is 2.31. The maximum Gasteiger partial charge on any atom is 0.416 e. The van der Waals surface area contributed by atoms with E-state index in [1.807, 2.05) is 6.92 Å². The first kappa shape index (κ1) is 11.3. The molecule has 2 heterocycles. The summed E-state index contributed by atoms with van der Waals surface area (Å²) in [4.78, 5) is 26.3. The highest BCUT2D eigenvalue weighted by molar-refractivity contribution is 5.94. The summed E-state index contributed by atoms with van der Waals surface area (Å²) in [6, 6.07) is 0.424. The molecule has 2 rings (SSSR count). The Bertz CT molecular complexity index is 291. The third kappa shape index (κ3) is 2.17. The van der Waals surface area contributed by atoms with E-state index in [0.717, 1.165) is 19.6 Å². The molecule has 2 fully saturated rings. The number of imide groups is 1. The van der Waals surface area contributed by atoms with Crippen molar-refractivity contribution < 1.29 is 14.3 Å². The normalized spacial score (nSPS) is 21.1. The largest absolute Gasteiger partial charge is 0.447 e. The van der Waals surface area contributed by atoms with Gasteiger partial charge >= 0.3 is 6.09 Å². The number of nitrogens with one attached hydrogen (secondary N) is 1. The van der Waals surface area contributed by atoms with Gasteiger partial charge in [0.1, 0.15) is 6.61 Å². The smallest absolute Gasteiger partial charge is 0.416 e. The molecule has 0 spiro atoms. The van der Waals surface area contributed by atoms with Crippen LogP contribution in [0.25, 0.3) is 0 Å². The molecular weight excluding hydrogens is 210 g/mol. The molecule has 0 radical (unpaired) electrons. The van der Waals surface area contributed by atoms with Gasteiger partial charge in [0.2, 0.25) is 5.91 Å². The van der Waals surface area contributed by atoms with Crippen molar-refractivity contribution in [1.29, 1.82) is 0 Å². The summed E-state index contributed by atoms with van der Waals surface area (Å²) in [5.41, 5.74) is 0. The van der Waals surface area contributed by atoms with Crippen molar-refractivity contribution in [2.75, 3.05) is 39.3 Å². The van der Waals surface area contributed by atoms with E-state index in [4.69, 9.17) is 4.74 Å². The number of ether oxygens (including phenoxy) is 1. The lowest BCUT2D eigenvalue weighted by Crippen LogP contribution is -2.59. The summed E-state index contributed by atoms with van der Waals surface area (Å²) in [6.45, 7) is 5.70. The van der Waals surface area contributed by atoms with E-state index in [0.29, 0.717) is 25.7 Å². The topological polar surface area (TPSA) is 61.9 Å². The van der Waals surface area contributed by atoms with Crippen LogP contribution in [0.4, 0.5) is 4.79 Å². The SMILES string of the molecule is CCN(CC(=O)N1CCOC1=O)C1CNC1. The summed E-state index contributed by atoms with van der Waals surface area (Å²) in [6.07, 6.45) is -0.507. The van der Waals surface area contributed by atoms with Gasteiger partial charge in [-0.1, -0.05) is 6.92 Å². The molecule has 16 heavy (non-hydrogen) atoms. The van der Waals surface area contributed by atoms with Gasteiger partial charge in [0.25, 0.3) is 0 Å². The molecule has 90 valence electrons. The lowest BCUT2D eigenvalue weighted by molar-refractivity contribution is -0.129. The monoisotopic (exact) mass is 227 g/mol. The predicted molar refractivity (Wildman–Crippen MR) is 57.0 cm³/mol. The molecule has 0 aromatic heterocycles. The van der Waals surface area contributed by atoms with Gasteiger partial charge < -0.3 is 10.1 Å². The first-order valence-electron chi connectivity index (χ1n) is 5.64. The maximum absolute atomic E-state index is 11.8. The van der Waals surface area contributed by atoms with Crippen molar-refractivity contribution in [2.24, 2.45) is 0 Å². The zero-order chi connectivity index (χ0) is 11.5. The number of amides is 2. The molecule has 2 aliphatic rings. The quantitative estimate of drug-likeness (QED) is 0.685. The predicted octanol–water partition coefficient (Wildman–Crippen LogP) is -0.741. The van der Waals surface area contributed by atoms with Gasteiger partial charge in [-0.15, -0.1) is 0 Å². The van der Waals surface area contributed by atoms with Crippen LogP contribution in [0.5, 0.6) is 0 Å². The van der Waals surface area contributed by atoms with Gasteiger partial charge in [-0.05, 0) is 6.54 Å². The lowest BCUT2D eigenvalue weighted by Gasteiger charge is -2.37. The second-order valence-electron chi connectivity index (χ2n) is 4.03. The Morgan fingerprint density at radius 3 is 2.81 bits per heavy atom. The molecule has 2 amide bonds. The molecule has 6 nitrogen and oxygen atoms in total. The molecule has 0 aromatic rings. The number of rotatable bonds is 4. The summed E-state index contributed by atoms with van der Waals surface area (Å²) in [7, 11) is 0. The molecule has 1 N–H and O–H groups in total. The fourth-order valence-electron chi connectivity index (χ4n) is 1.91. The highest BCUT2D eigenvalue weighted by Crippen LogP contribution is 2.08. The van der Waals surface area contributed by atoms with Crippen LogP contribution in [0, 0.1) is 0 Å². The third-order valence-corrected chi connectivity index (χ3v) is 3.08. The first-order chi connectivity index (χ1) is 7.72. The number of carbonyl (C=O) groups is 2. The van der Waals surface area contributed by atoms with E-state index in [1.165, 1.54) is 4.90 Å². The molecule has 0 unspecified atom stereocenters. The van der Waals surface area contributed by atoms with Crippen molar-refractivity contribution in [3.8, 4) is 0 Å². The Kier molecular flexibility index (Phi) is 3.40. The zero-order valence-corrected chi connectivity index (χ0v) is 9.44. The minimum absolute atomic E-state index is 0.156. The average Bonchev–Trinajstić information content (AvgIpc) is 2.60. The number of hydrogen-bond donors (Lipinski definition) is 1. The number of cyclic esters (lactones) is 1. The van der Waals surface area contributed by atoms with Crippen molar-refractivity contribution >= 4 is 12.0 Å². The molecule has 0 saturated carbocycles. The van der Waals surface area contributed by atoms with Crippen LogP contribution in [-0.2, 0) is 9.53 Å². The molecule has 0 aliphatic carbocycles. The van der Waals surface area contributed by atoms with Crippen LogP contribution in [0.3, 0.4) is 0 Å². The third-order valence-electron chi connectivity index (χ3n) is 3.08. The molecular formula is C10H17N3O3. The van der Waals surface area contributed by atoms with Gasteiger partial charge in [-0.25, -0.2) is 9.69 Å². The molecule has 6 heteroatoms. The Hall–Kier alpha value is -1.14. The van der Waals surface area contributed by atoms with Gasteiger partial charge in [-0.3, -0.25) is 9.69 Å². The van der Waals surface area contributed by atoms with Gasteiger partial charge in [0.15, 0.2) is 0 Å². The van der Waals surface area contributed by atoms with Crippen LogP contribution in [0.1, 0.15) is 6.92 Å². The van der Waals surface area contributed by atoms with Crippen molar-refractivity contribution in [3.05, 3.63) is 0 Å². The first-order valence-corrected chi connectivity index (χ1v) is 5.64.